The minimum absolute atomic E-state index is 0.0555. The number of benzene rings is 2. The second-order valence-corrected chi connectivity index (χ2v) is 4.63. The molecule has 0 aliphatic heterocycles. The number of carbonyl (C=O) groups excluding carboxylic acids is 2. The highest BCUT2D eigenvalue weighted by molar-refractivity contribution is 6.02. The summed E-state index contributed by atoms with van der Waals surface area (Å²) < 4.78 is 47.0. The summed E-state index contributed by atoms with van der Waals surface area (Å²) in [6, 6.07) is 9.99. The number of hydrogen-bond donors (Lipinski definition) is 1. The zero-order valence-corrected chi connectivity index (χ0v) is 12.4. The van der Waals surface area contributed by atoms with Crippen molar-refractivity contribution in [1.82, 2.24) is 0 Å². The van der Waals surface area contributed by atoms with E-state index >= 15 is 0 Å². The van der Waals surface area contributed by atoms with Crippen LogP contribution >= 0.6 is 0 Å². The molecule has 126 valence electrons. The summed E-state index contributed by atoms with van der Waals surface area (Å²) in [5, 5.41) is 0. The number of halogens is 3. The molecule has 1 amide bonds. The average Bonchev–Trinajstić information content (AvgIpc) is 2.53. The Morgan fingerprint density at radius 3 is 2.21 bits per heavy atom. The molecule has 0 bridgehead atoms. The molecule has 2 aromatic rings. The van der Waals surface area contributed by atoms with Gasteiger partial charge >= 0.3 is 12.1 Å². The Bertz CT molecular complexity index is 787. The Labute approximate surface area is 134 Å². The van der Waals surface area contributed by atoms with Crippen molar-refractivity contribution in [1.29, 1.82) is 0 Å². The van der Waals surface area contributed by atoms with E-state index in [0.29, 0.717) is 0 Å². The molecule has 2 N–H and O–H groups in total. The first kappa shape index (κ1) is 17.3. The van der Waals surface area contributed by atoms with Gasteiger partial charge in [0.05, 0.1) is 12.7 Å². The zero-order chi connectivity index (χ0) is 17.9. The summed E-state index contributed by atoms with van der Waals surface area (Å²) in [6.07, 6.45) is -5.18. The number of amides is 1. The standard InChI is InChI=1S/C16H12F3NO4/c1-23-11-7-3-2-5-9(11)13-10(14(20)21)6-4-8-12(13)24-15(22)16(17,18)19/h2-8H,1H3,(H2,20,21). The quantitative estimate of drug-likeness (QED) is 0.686. The molecular weight excluding hydrogens is 327 g/mol. The van der Waals surface area contributed by atoms with Crippen LogP contribution in [-0.4, -0.2) is 25.2 Å². The van der Waals surface area contributed by atoms with E-state index in [4.69, 9.17) is 10.5 Å². The number of alkyl halides is 3. The predicted molar refractivity (Wildman–Crippen MR) is 78.6 cm³/mol. The second kappa shape index (κ2) is 6.61. The minimum Gasteiger partial charge on any atom is -0.496 e. The average molecular weight is 339 g/mol. The van der Waals surface area contributed by atoms with E-state index in [1.807, 2.05) is 0 Å². The fourth-order valence-electron chi connectivity index (χ4n) is 2.11. The molecule has 0 saturated heterocycles. The predicted octanol–water partition coefficient (Wildman–Crippen LogP) is 2.93. The van der Waals surface area contributed by atoms with Crippen molar-refractivity contribution in [3.8, 4) is 22.6 Å². The van der Waals surface area contributed by atoms with Crippen molar-refractivity contribution < 1.29 is 32.2 Å². The van der Waals surface area contributed by atoms with Crippen LogP contribution in [0.3, 0.4) is 0 Å². The first-order valence-corrected chi connectivity index (χ1v) is 6.61. The summed E-state index contributed by atoms with van der Waals surface area (Å²) >= 11 is 0. The van der Waals surface area contributed by atoms with Crippen LogP contribution in [0.4, 0.5) is 13.2 Å². The lowest BCUT2D eigenvalue weighted by Gasteiger charge is -2.16. The van der Waals surface area contributed by atoms with Crippen LogP contribution in [0.15, 0.2) is 42.5 Å². The Morgan fingerprint density at radius 1 is 1.00 bits per heavy atom. The van der Waals surface area contributed by atoms with Crippen molar-refractivity contribution in [3.05, 3.63) is 48.0 Å². The molecule has 8 heteroatoms. The van der Waals surface area contributed by atoms with E-state index in [9.17, 15) is 22.8 Å². The Hall–Kier alpha value is -3.03. The van der Waals surface area contributed by atoms with Crippen LogP contribution in [-0.2, 0) is 4.79 Å². The third kappa shape index (κ3) is 3.48. The fraction of sp³-hybridized carbons (Fsp3) is 0.125. The van der Waals surface area contributed by atoms with Crippen LogP contribution in [0.1, 0.15) is 10.4 Å². The Kier molecular flexibility index (Phi) is 4.77. The molecule has 0 aliphatic rings. The topological polar surface area (TPSA) is 78.6 Å². The van der Waals surface area contributed by atoms with Gasteiger partial charge in [0.25, 0.3) is 0 Å². The van der Waals surface area contributed by atoms with E-state index in [1.54, 1.807) is 18.2 Å². The van der Waals surface area contributed by atoms with Gasteiger partial charge in [0.2, 0.25) is 5.91 Å². The monoisotopic (exact) mass is 339 g/mol. The van der Waals surface area contributed by atoms with Crippen molar-refractivity contribution >= 4 is 11.9 Å². The Morgan fingerprint density at radius 2 is 1.62 bits per heavy atom. The van der Waals surface area contributed by atoms with Gasteiger partial charge in [-0.1, -0.05) is 24.3 Å². The van der Waals surface area contributed by atoms with Crippen LogP contribution in [0.5, 0.6) is 11.5 Å². The molecule has 0 radical (unpaired) electrons. The maximum atomic E-state index is 12.5. The van der Waals surface area contributed by atoms with Gasteiger partial charge in [0, 0.05) is 11.1 Å². The van der Waals surface area contributed by atoms with Gasteiger partial charge in [-0.3, -0.25) is 4.79 Å². The fourth-order valence-corrected chi connectivity index (χ4v) is 2.11. The van der Waals surface area contributed by atoms with Gasteiger partial charge in [0.15, 0.2) is 0 Å². The molecule has 5 nitrogen and oxygen atoms in total. The molecule has 0 aliphatic carbocycles. The zero-order valence-electron chi connectivity index (χ0n) is 12.4. The highest BCUT2D eigenvalue weighted by Gasteiger charge is 2.42. The number of para-hydroxylation sites is 1. The highest BCUT2D eigenvalue weighted by atomic mass is 19.4. The summed E-state index contributed by atoms with van der Waals surface area (Å²) in [5.41, 5.74) is 5.39. The van der Waals surface area contributed by atoms with Gasteiger partial charge in [-0.05, 0) is 18.2 Å². The molecule has 0 saturated carbocycles. The summed E-state index contributed by atoms with van der Waals surface area (Å²) in [5.74, 6) is -3.46. The smallest absolute Gasteiger partial charge is 0.491 e. The molecule has 2 aromatic carbocycles. The molecule has 0 atom stereocenters. The van der Waals surface area contributed by atoms with Gasteiger partial charge in [-0.2, -0.15) is 13.2 Å². The molecule has 0 aromatic heterocycles. The first-order valence-electron chi connectivity index (χ1n) is 6.61. The molecule has 0 heterocycles. The van der Waals surface area contributed by atoms with Gasteiger partial charge < -0.3 is 15.2 Å². The summed E-state index contributed by atoms with van der Waals surface area (Å²) in [4.78, 5) is 22.8. The molecule has 0 unspecified atom stereocenters. The lowest BCUT2D eigenvalue weighted by molar-refractivity contribution is -0.189. The maximum Gasteiger partial charge on any atom is 0.491 e. The number of ether oxygens (including phenoxy) is 2. The number of esters is 1. The third-order valence-electron chi connectivity index (χ3n) is 3.10. The van der Waals surface area contributed by atoms with Crippen molar-refractivity contribution in [2.75, 3.05) is 7.11 Å². The van der Waals surface area contributed by atoms with E-state index in [-0.39, 0.29) is 22.4 Å². The van der Waals surface area contributed by atoms with Gasteiger partial charge in [-0.15, -0.1) is 0 Å². The highest BCUT2D eigenvalue weighted by Crippen LogP contribution is 2.39. The van der Waals surface area contributed by atoms with E-state index in [1.165, 1.54) is 25.3 Å². The SMILES string of the molecule is COc1ccccc1-c1c(OC(=O)C(F)(F)F)cccc1C(N)=O. The summed E-state index contributed by atoms with van der Waals surface area (Å²) in [7, 11) is 1.35. The normalized spacial score (nSPS) is 11.0. The minimum atomic E-state index is -5.18. The molecule has 2 rings (SSSR count). The maximum absolute atomic E-state index is 12.5. The van der Waals surface area contributed by atoms with Crippen molar-refractivity contribution in [3.63, 3.8) is 0 Å². The van der Waals surface area contributed by atoms with E-state index in [0.717, 1.165) is 6.07 Å². The molecule has 24 heavy (non-hydrogen) atoms. The van der Waals surface area contributed by atoms with E-state index < -0.39 is 23.8 Å². The largest absolute Gasteiger partial charge is 0.496 e. The number of hydrogen-bond acceptors (Lipinski definition) is 4. The van der Waals surface area contributed by atoms with Gasteiger partial charge in [0.1, 0.15) is 11.5 Å². The second-order valence-electron chi connectivity index (χ2n) is 4.63. The number of carbonyl (C=O) groups is 2. The molecule has 0 spiro atoms. The first-order chi connectivity index (χ1) is 11.3. The van der Waals surface area contributed by atoms with Crippen molar-refractivity contribution in [2.45, 2.75) is 6.18 Å². The van der Waals surface area contributed by atoms with Crippen LogP contribution in [0, 0.1) is 0 Å². The molecular formula is C16H12F3NO4. The summed E-state index contributed by atoms with van der Waals surface area (Å²) in [6.45, 7) is 0. The number of primary amides is 1. The van der Waals surface area contributed by atoms with Crippen LogP contribution in [0.25, 0.3) is 11.1 Å². The van der Waals surface area contributed by atoms with E-state index in [2.05, 4.69) is 4.74 Å². The number of methoxy groups -OCH3 is 1. The van der Waals surface area contributed by atoms with Gasteiger partial charge in [-0.25, -0.2) is 4.79 Å². The third-order valence-corrected chi connectivity index (χ3v) is 3.10. The van der Waals surface area contributed by atoms with Crippen LogP contribution in [0.2, 0.25) is 0 Å². The Balaban J connectivity index is 2.67. The molecule has 0 fully saturated rings. The number of rotatable bonds is 4. The lowest BCUT2D eigenvalue weighted by atomic mass is 9.97. The number of nitrogens with two attached hydrogens (primary N) is 1. The van der Waals surface area contributed by atoms with Crippen LogP contribution < -0.4 is 15.2 Å². The van der Waals surface area contributed by atoms with Crippen molar-refractivity contribution in [2.24, 2.45) is 5.73 Å². The lowest BCUT2D eigenvalue weighted by Crippen LogP contribution is -2.28.